The average Bonchev–Trinajstić information content (AvgIpc) is 3.55. The molecule has 1 aromatic carbocycles. The van der Waals surface area contributed by atoms with Crippen molar-refractivity contribution in [3.63, 3.8) is 0 Å². The quantitative estimate of drug-likeness (QED) is 0.104. The van der Waals surface area contributed by atoms with Crippen LogP contribution in [0.1, 0.15) is 101 Å². The van der Waals surface area contributed by atoms with E-state index in [1.165, 1.54) is 4.88 Å². The summed E-state index contributed by atoms with van der Waals surface area (Å²) in [5.74, 6) is 0.735. The van der Waals surface area contributed by atoms with E-state index in [1.807, 2.05) is 12.1 Å². The van der Waals surface area contributed by atoms with Crippen LogP contribution in [0.25, 0.3) is 10.7 Å². The lowest BCUT2D eigenvalue weighted by molar-refractivity contribution is -0.268. The van der Waals surface area contributed by atoms with Crippen molar-refractivity contribution in [2.24, 2.45) is 0 Å². The third-order valence-corrected chi connectivity index (χ3v) is 9.64. The lowest BCUT2D eigenvalue weighted by Gasteiger charge is -2.46. The summed E-state index contributed by atoms with van der Waals surface area (Å²) in [7, 11) is 0. The Kier molecular flexibility index (Phi) is 16.4. The number of unbranched alkanes of at least 4 members (excludes halogenated alkanes) is 4. The zero-order valence-corrected chi connectivity index (χ0v) is 29.7. The molecule has 1 aliphatic heterocycles. The van der Waals surface area contributed by atoms with Crippen LogP contribution in [0.15, 0.2) is 48.8 Å². The second-order valence-corrected chi connectivity index (χ2v) is 13.5. The summed E-state index contributed by atoms with van der Waals surface area (Å²) in [6.07, 6.45) is 10.9. The number of hydrogen-bond donors (Lipinski definition) is 0. The van der Waals surface area contributed by atoms with Gasteiger partial charge in [0.2, 0.25) is 0 Å². The molecule has 2 aromatic heterocycles. The minimum atomic E-state index is -0.359. The highest BCUT2D eigenvalue weighted by molar-refractivity contribution is 7.15. The fraction of sp³-hybridized carbons (Fsp3) is 0.622. The number of hydrogen-bond acceptors (Lipinski definition) is 8. The number of thiophene rings is 1. The minimum absolute atomic E-state index is 0.288. The molecule has 0 N–H and O–H groups in total. The van der Waals surface area contributed by atoms with E-state index in [-0.39, 0.29) is 30.5 Å². The monoisotopic (exact) mass is 672 g/mol. The standard InChI is InChI=1S/C37H53ClN2O5S/c1-5-9-20-41-26-31-34(42-21-10-6-2)36(44-23-12-8-4)35(43-22-11-7-3)33(45-31)27-14-16-30(38)28(24-27)25-29-15-17-32(46-29)37-39-18-13-19-40-37/h13-19,24,31,33-36H,5-12,20-23,25-26H2,1-4H3/t31-,33+,34-,35+,36+/m1/s1. The maximum Gasteiger partial charge on any atom is 0.169 e. The Labute approximate surface area is 285 Å². The highest BCUT2D eigenvalue weighted by atomic mass is 35.5. The third kappa shape index (κ3) is 10.8. The van der Waals surface area contributed by atoms with Gasteiger partial charge in [-0.05, 0) is 61.1 Å². The van der Waals surface area contributed by atoms with Crippen LogP contribution in [0, 0.1) is 0 Å². The van der Waals surface area contributed by atoms with Crippen LogP contribution < -0.4 is 0 Å². The summed E-state index contributed by atoms with van der Waals surface area (Å²) < 4.78 is 33.1. The first kappa shape index (κ1) is 36.9. The van der Waals surface area contributed by atoms with Crippen LogP contribution in [-0.4, -0.2) is 67.4 Å². The molecule has 4 rings (SSSR count). The van der Waals surface area contributed by atoms with E-state index in [1.54, 1.807) is 23.7 Å². The van der Waals surface area contributed by atoms with Gasteiger partial charge in [-0.1, -0.05) is 77.1 Å². The van der Waals surface area contributed by atoms with Crippen molar-refractivity contribution < 1.29 is 23.7 Å². The SMILES string of the molecule is CCCCOC[C@H]1O[C@@H](c2ccc(Cl)c(Cc3ccc(-c4ncccn4)s3)c2)[C@H](OCCCC)[C@@H](OCCCC)[C@@H]1OCCCC. The summed E-state index contributed by atoms with van der Waals surface area (Å²) in [5, 5.41) is 0.727. The molecule has 254 valence electrons. The van der Waals surface area contributed by atoms with Gasteiger partial charge >= 0.3 is 0 Å². The van der Waals surface area contributed by atoms with Gasteiger partial charge in [-0.15, -0.1) is 11.3 Å². The highest BCUT2D eigenvalue weighted by Crippen LogP contribution is 2.39. The Balaban J connectivity index is 1.65. The van der Waals surface area contributed by atoms with Crippen molar-refractivity contribution in [2.45, 2.75) is 116 Å². The van der Waals surface area contributed by atoms with Crippen molar-refractivity contribution in [3.05, 3.63) is 69.8 Å². The van der Waals surface area contributed by atoms with Gasteiger partial charge < -0.3 is 23.7 Å². The smallest absolute Gasteiger partial charge is 0.169 e. The summed E-state index contributed by atoms with van der Waals surface area (Å²) in [6, 6.07) is 12.3. The highest BCUT2D eigenvalue weighted by Gasteiger charge is 2.48. The lowest BCUT2D eigenvalue weighted by atomic mass is 9.89. The lowest BCUT2D eigenvalue weighted by Crippen LogP contribution is -2.58. The second kappa shape index (κ2) is 20.5. The molecule has 0 aliphatic carbocycles. The van der Waals surface area contributed by atoms with Crippen molar-refractivity contribution in [1.82, 2.24) is 9.97 Å². The first-order valence-electron chi connectivity index (χ1n) is 17.3. The van der Waals surface area contributed by atoms with Gasteiger partial charge in [-0.2, -0.15) is 0 Å². The van der Waals surface area contributed by atoms with Gasteiger partial charge in [0.05, 0.1) is 11.5 Å². The van der Waals surface area contributed by atoms with Crippen LogP contribution in [0.3, 0.4) is 0 Å². The first-order valence-corrected chi connectivity index (χ1v) is 18.5. The van der Waals surface area contributed by atoms with Crippen LogP contribution in [-0.2, 0) is 30.1 Å². The van der Waals surface area contributed by atoms with E-state index in [9.17, 15) is 0 Å². The predicted octanol–water partition coefficient (Wildman–Crippen LogP) is 9.26. The Hall–Kier alpha value is -1.91. The molecule has 0 spiro atoms. The van der Waals surface area contributed by atoms with Crippen LogP contribution in [0.2, 0.25) is 5.02 Å². The molecule has 1 fully saturated rings. The fourth-order valence-electron chi connectivity index (χ4n) is 5.54. The minimum Gasteiger partial charge on any atom is -0.379 e. The van der Waals surface area contributed by atoms with E-state index >= 15 is 0 Å². The normalized spacial score (nSPS) is 21.5. The zero-order valence-electron chi connectivity index (χ0n) is 28.1. The molecule has 9 heteroatoms. The molecule has 46 heavy (non-hydrogen) atoms. The molecule has 0 amide bonds. The topological polar surface area (TPSA) is 71.9 Å². The van der Waals surface area contributed by atoms with Crippen molar-refractivity contribution in [2.75, 3.05) is 33.0 Å². The number of rotatable bonds is 21. The number of ether oxygens (including phenoxy) is 5. The molecule has 7 nitrogen and oxygen atoms in total. The maximum atomic E-state index is 6.97. The number of nitrogens with zero attached hydrogens (tertiary/aromatic N) is 2. The molecular formula is C37H53ClN2O5S. The average molecular weight is 673 g/mol. The zero-order chi connectivity index (χ0) is 32.6. The fourth-order valence-corrected chi connectivity index (χ4v) is 6.71. The Bertz CT molecular complexity index is 1260. The molecule has 3 heterocycles. The van der Waals surface area contributed by atoms with Crippen molar-refractivity contribution >= 4 is 22.9 Å². The molecule has 0 unspecified atom stereocenters. The van der Waals surface area contributed by atoms with Crippen LogP contribution in [0.4, 0.5) is 0 Å². The Morgan fingerprint density at radius 3 is 2.07 bits per heavy atom. The summed E-state index contributed by atoms with van der Waals surface area (Å²) in [6.45, 7) is 11.8. The van der Waals surface area contributed by atoms with Gasteiger partial charge in [-0.3, -0.25) is 0 Å². The van der Waals surface area contributed by atoms with Gasteiger partial charge in [0.1, 0.15) is 30.5 Å². The molecular weight excluding hydrogens is 620 g/mol. The van der Waals surface area contributed by atoms with Gasteiger partial charge in [0, 0.05) is 55.1 Å². The number of halogens is 1. The van der Waals surface area contributed by atoms with E-state index in [4.69, 9.17) is 35.3 Å². The second-order valence-electron chi connectivity index (χ2n) is 12.0. The predicted molar refractivity (Wildman–Crippen MR) is 187 cm³/mol. The molecule has 1 saturated heterocycles. The van der Waals surface area contributed by atoms with Crippen molar-refractivity contribution in [1.29, 1.82) is 0 Å². The van der Waals surface area contributed by atoms with Gasteiger partial charge in [0.25, 0.3) is 0 Å². The van der Waals surface area contributed by atoms with E-state index in [2.05, 4.69) is 61.9 Å². The van der Waals surface area contributed by atoms with Gasteiger partial charge in [-0.25, -0.2) is 9.97 Å². The molecule has 0 radical (unpaired) electrons. The molecule has 0 bridgehead atoms. The largest absolute Gasteiger partial charge is 0.379 e. The third-order valence-electron chi connectivity index (χ3n) is 8.19. The van der Waals surface area contributed by atoms with E-state index < -0.39 is 0 Å². The van der Waals surface area contributed by atoms with Crippen LogP contribution in [0.5, 0.6) is 0 Å². The summed E-state index contributed by atoms with van der Waals surface area (Å²) in [4.78, 5) is 11.1. The van der Waals surface area contributed by atoms with Crippen molar-refractivity contribution in [3.8, 4) is 10.7 Å². The molecule has 3 aromatic rings. The Morgan fingerprint density at radius 1 is 0.761 bits per heavy atom. The maximum absolute atomic E-state index is 6.97. The van der Waals surface area contributed by atoms with Crippen LogP contribution >= 0.6 is 22.9 Å². The molecule has 0 saturated carbocycles. The first-order chi connectivity index (χ1) is 22.6. The molecule has 1 aliphatic rings. The Morgan fingerprint density at radius 2 is 1.39 bits per heavy atom. The van der Waals surface area contributed by atoms with E-state index in [0.29, 0.717) is 39.5 Å². The molecule has 5 atom stereocenters. The van der Waals surface area contributed by atoms with Gasteiger partial charge in [0.15, 0.2) is 5.82 Å². The summed E-state index contributed by atoms with van der Waals surface area (Å²) in [5.41, 5.74) is 2.07. The van der Waals surface area contributed by atoms with E-state index in [0.717, 1.165) is 78.2 Å². The number of benzene rings is 1. The summed E-state index contributed by atoms with van der Waals surface area (Å²) >= 11 is 8.51. The number of aromatic nitrogens is 2.